The molecule has 29 heavy (non-hydrogen) atoms. The molecule has 0 spiro atoms. The summed E-state index contributed by atoms with van der Waals surface area (Å²) in [6, 6.07) is 6.49. The highest BCUT2D eigenvalue weighted by atomic mass is 19.1. The summed E-state index contributed by atoms with van der Waals surface area (Å²) in [7, 11) is 2.18. The number of aromatic nitrogens is 4. The summed E-state index contributed by atoms with van der Waals surface area (Å²) in [5.41, 5.74) is 2.51. The molecule has 1 aliphatic rings. The number of fused-ring (bicyclic) bond motifs is 1. The molecule has 1 N–H and O–H groups in total. The minimum absolute atomic E-state index is 0.247. The van der Waals surface area contributed by atoms with Crippen molar-refractivity contribution in [3.05, 3.63) is 35.9 Å². The average molecular weight is 397 g/mol. The molecular weight excluding hydrogens is 367 g/mol. The van der Waals surface area contributed by atoms with E-state index in [0.29, 0.717) is 5.92 Å². The molecule has 1 aromatic carbocycles. The van der Waals surface area contributed by atoms with E-state index in [2.05, 4.69) is 33.7 Å². The van der Waals surface area contributed by atoms with Gasteiger partial charge in [-0.2, -0.15) is 0 Å². The van der Waals surface area contributed by atoms with Gasteiger partial charge in [0.15, 0.2) is 17.0 Å². The standard InChI is InChI=1S/C22H29FN6/c1-4-11-29-21(17-5-7-18(23)8-6-17)27-19-20(25-15(2)26-22(19)29)24-14-16-9-12-28(3)13-10-16/h5-8,16H,4,9-14H2,1-3H3,(H,24,25,26). The van der Waals surface area contributed by atoms with Crippen LogP contribution in [0.3, 0.4) is 0 Å². The van der Waals surface area contributed by atoms with E-state index in [1.54, 1.807) is 12.1 Å². The predicted molar refractivity (Wildman–Crippen MR) is 114 cm³/mol. The maximum Gasteiger partial charge on any atom is 0.166 e. The first kappa shape index (κ1) is 19.8. The Kier molecular flexibility index (Phi) is 5.76. The van der Waals surface area contributed by atoms with Crippen LogP contribution in [-0.4, -0.2) is 51.1 Å². The highest BCUT2D eigenvalue weighted by Crippen LogP contribution is 2.28. The summed E-state index contributed by atoms with van der Waals surface area (Å²) < 4.78 is 15.5. The third-order valence-corrected chi connectivity index (χ3v) is 5.65. The van der Waals surface area contributed by atoms with Crippen molar-refractivity contribution in [2.75, 3.05) is 32.0 Å². The Morgan fingerprint density at radius 1 is 1.10 bits per heavy atom. The molecule has 0 unspecified atom stereocenters. The number of anilines is 1. The molecule has 1 fully saturated rings. The average Bonchev–Trinajstić information content (AvgIpc) is 3.07. The molecule has 3 heterocycles. The van der Waals surface area contributed by atoms with E-state index in [1.165, 1.54) is 25.0 Å². The Bertz CT molecular complexity index is 973. The van der Waals surface area contributed by atoms with Crippen LogP contribution in [0.5, 0.6) is 0 Å². The van der Waals surface area contributed by atoms with E-state index in [0.717, 1.165) is 66.8 Å². The van der Waals surface area contributed by atoms with Crippen molar-refractivity contribution in [1.82, 2.24) is 24.4 Å². The zero-order valence-electron chi connectivity index (χ0n) is 17.5. The summed E-state index contributed by atoms with van der Waals surface area (Å²) in [6.45, 7) is 8.03. The maximum absolute atomic E-state index is 13.4. The lowest BCUT2D eigenvalue weighted by atomic mass is 9.97. The summed E-state index contributed by atoms with van der Waals surface area (Å²) in [5, 5.41) is 3.55. The van der Waals surface area contributed by atoms with Gasteiger partial charge in [-0.3, -0.25) is 0 Å². The van der Waals surface area contributed by atoms with Crippen molar-refractivity contribution in [3.8, 4) is 11.4 Å². The summed E-state index contributed by atoms with van der Waals surface area (Å²) >= 11 is 0. The molecule has 3 aromatic rings. The summed E-state index contributed by atoms with van der Waals surface area (Å²) in [5.74, 6) is 2.73. The number of hydrogen-bond acceptors (Lipinski definition) is 5. The van der Waals surface area contributed by atoms with Gasteiger partial charge < -0.3 is 14.8 Å². The molecule has 2 aromatic heterocycles. The Morgan fingerprint density at radius 3 is 2.52 bits per heavy atom. The van der Waals surface area contributed by atoms with Crippen LogP contribution in [0.1, 0.15) is 32.0 Å². The van der Waals surface area contributed by atoms with E-state index < -0.39 is 0 Å². The highest BCUT2D eigenvalue weighted by Gasteiger charge is 2.20. The monoisotopic (exact) mass is 396 g/mol. The molecule has 0 saturated carbocycles. The lowest BCUT2D eigenvalue weighted by Gasteiger charge is -2.29. The second-order valence-corrected chi connectivity index (χ2v) is 8.01. The summed E-state index contributed by atoms with van der Waals surface area (Å²) in [6.07, 6.45) is 3.35. The van der Waals surface area contributed by atoms with E-state index in [1.807, 2.05) is 6.92 Å². The normalized spacial score (nSPS) is 15.9. The first-order chi connectivity index (χ1) is 14.0. The molecule has 0 atom stereocenters. The molecule has 1 aliphatic heterocycles. The SMILES string of the molecule is CCCn1c(-c2ccc(F)cc2)nc2c(NCC3CCN(C)CC3)nc(C)nc21. The van der Waals surface area contributed by atoms with Gasteiger partial charge in [-0.15, -0.1) is 0 Å². The predicted octanol–water partition coefficient (Wildman–Crippen LogP) is 4.10. The van der Waals surface area contributed by atoms with Gasteiger partial charge in [0.2, 0.25) is 0 Å². The number of aryl methyl sites for hydroxylation is 2. The van der Waals surface area contributed by atoms with Crippen LogP contribution in [0.15, 0.2) is 24.3 Å². The van der Waals surface area contributed by atoms with Gasteiger partial charge in [0.05, 0.1) is 0 Å². The van der Waals surface area contributed by atoms with Crippen molar-refractivity contribution >= 4 is 17.0 Å². The van der Waals surface area contributed by atoms with Gasteiger partial charge in [-0.25, -0.2) is 19.3 Å². The zero-order valence-corrected chi connectivity index (χ0v) is 17.5. The van der Waals surface area contributed by atoms with Crippen molar-refractivity contribution in [2.45, 2.75) is 39.7 Å². The second-order valence-electron chi connectivity index (χ2n) is 8.01. The van der Waals surface area contributed by atoms with Gasteiger partial charge in [-0.1, -0.05) is 6.92 Å². The number of hydrogen-bond donors (Lipinski definition) is 1. The molecule has 1 saturated heterocycles. The molecule has 7 heteroatoms. The number of piperidine rings is 1. The Morgan fingerprint density at radius 2 is 1.83 bits per heavy atom. The Balaban J connectivity index is 1.69. The largest absolute Gasteiger partial charge is 0.368 e. The number of nitrogens with zero attached hydrogens (tertiary/aromatic N) is 5. The third-order valence-electron chi connectivity index (χ3n) is 5.65. The highest BCUT2D eigenvalue weighted by molar-refractivity contribution is 5.86. The number of benzene rings is 1. The first-order valence-electron chi connectivity index (χ1n) is 10.5. The number of imidazole rings is 1. The molecule has 0 amide bonds. The fraction of sp³-hybridized carbons (Fsp3) is 0.500. The van der Waals surface area contributed by atoms with Crippen molar-refractivity contribution in [2.24, 2.45) is 5.92 Å². The van der Waals surface area contributed by atoms with Crippen molar-refractivity contribution < 1.29 is 4.39 Å². The fourth-order valence-corrected chi connectivity index (χ4v) is 3.99. The third kappa shape index (κ3) is 4.24. The van der Waals surface area contributed by atoms with Crippen LogP contribution in [0.25, 0.3) is 22.6 Å². The number of nitrogens with one attached hydrogen (secondary N) is 1. The van der Waals surface area contributed by atoms with Crippen molar-refractivity contribution in [1.29, 1.82) is 0 Å². The topological polar surface area (TPSA) is 58.9 Å². The lowest BCUT2D eigenvalue weighted by molar-refractivity contribution is 0.226. The van der Waals surface area contributed by atoms with Gasteiger partial charge in [0.1, 0.15) is 17.5 Å². The van der Waals surface area contributed by atoms with E-state index in [-0.39, 0.29) is 5.82 Å². The smallest absolute Gasteiger partial charge is 0.166 e. The quantitative estimate of drug-likeness (QED) is 0.680. The summed E-state index contributed by atoms with van der Waals surface area (Å²) in [4.78, 5) is 16.6. The van der Waals surface area contributed by atoms with Crippen LogP contribution < -0.4 is 5.32 Å². The molecule has 6 nitrogen and oxygen atoms in total. The Labute approximate surface area is 171 Å². The van der Waals surface area contributed by atoms with E-state index >= 15 is 0 Å². The molecule has 0 bridgehead atoms. The van der Waals surface area contributed by atoms with Crippen LogP contribution in [0.4, 0.5) is 10.2 Å². The first-order valence-corrected chi connectivity index (χ1v) is 10.5. The van der Waals surface area contributed by atoms with Crippen LogP contribution in [0.2, 0.25) is 0 Å². The molecule has 154 valence electrons. The zero-order chi connectivity index (χ0) is 20.4. The molecule has 4 rings (SSSR count). The molecular formula is C22H29FN6. The van der Waals surface area contributed by atoms with E-state index in [9.17, 15) is 4.39 Å². The van der Waals surface area contributed by atoms with Gasteiger partial charge in [-0.05, 0) is 76.5 Å². The number of halogens is 1. The van der Waals surface area contributed by atoms with Gasteiger partial charge >= 0.3 is 0 Å². The minimum Gasteiger partial charge on any atom is -0.368 e. The van der Waals surface area contributed by atoms with E-state index in [4.69, 9.17) is 9.97 Å². The van der Waals surface area contributed by atoms with Crippen molar-refractivity contribution in [3.63, 3.8) is 0 Å². The van der Waals surface area contributed by atoms with Crippen LogP contribution >= 0.6 is 0 Å². The maximum atomic E-state index is 13.4. The minimum atomic E-state index is -0.247. The second kappa shape index (κ2) is 8.45. The fourth-order valence-electron chi connectivity index (χ4n) is 3.99. The van der Waals surface area contributed by atoms with Gasteiger partial charge in [0.25, 0.3) is 0 Å². The lowest BCUT2D eigenvalue weighted by Crippen LogP contribution is -2.33. The Hall–Kier alpha value is -2.54. The van der Waals surface area contributed by atoms with Gasteiger partial charge in [0, 0.05) is 18.7 Å². The number of likely N-dealkylation sites (tertiary alicyclic amines) is 1. The number of rotatable bonds is 6. The molecule has 0 radical (unpaired) electrons. The van der Waals surface area contributed by atoms with Crippen LogP contribution in [-0.2, 0) is 6.54 Å². The van der Waals surface area contributed by atoms with Crippen LogP contribution in [0, 0.1) is 18.7 Å². The molecule has 0 aliphatic carbocycles.